The molecule has 0 aliphatic carbocycles. The molecule has 1 aromatic heterocycles. The van der Waals surface area contributed by atoms with Crippen LogP contribution in [-0.4, -0.2) is 73.1 Å². The lowest BCUT2D eigenvalue weighted by molar-refractivity contribution is 0.0475. The molecule has 0 unspecified atom stereocenters. The summed E-state index contributed by atoms with van der Waals surface area (Å²) in [4.78, 5) is 17.4. The van der Waals surface area contributed by atoms with Gasteiger partial charge in [0.15, 0.2) is 0 Å². The lowest BCUT2D eigenvalue weighted by Crippen LogP contribution is -2.55. The zero-order chi connectivity index (χ0) is 31.0. The highest BCUT2D eigenvalue weighted by Crippen LogP contribution is 2.50. The van der Waals surface area contributed by atoms with E-state index < -0.39 is 5.82 Å². The Morgan fingerprint density at radius 2 is 1.68 bits per heavy atom. The second-order valence-electron chi connectivity index (χ2n) is 11.7. The van der Waals surface area contributed by atoms with Crippen molar-refractivity contribution < 1.29 is 28.5 Å². The van der Waals surface area contributed by atoms with E-state index >= 15 is 0 Å². The Bertz CT molecular complexity index is 1660. The number of anilines is 1. The van der Waals surface area contributed by atoms with Gasteiger partial charge in [-0.2, -0.15) is 0 Å². The average Bonchev–Trinajstić information content (AvgIpc) is 3.33. The van der Waals surface area contributed by atoms with E-state index in [4.69, 9.17) is 14.2 Å². The Labute approximate surface area is 256 Å². The number of fused-ring (bicyclic) bond motifs is 4. The van der Waals surface area contributed by atoms with Crippen LogP contribution in [0.5, 0.6) is 17.2 Å². The number of aryl methyl sites for hydroxylation is 1. The highest BCUT2D eigenvalue weighted by molar-refractivity contribution is 5.90. The van der Waals surface area contributed by atoms with E-state index in [1.165, 1.54) is 17.7 Å². The molecule has 9 nitrogen and oxygen atoms in total. The molecular weight excluding hydrogens is 563 g/mol. The molecule has 2 aliphatic rings. The van der Waals surface area contributed by atoms with Crippen LogP contribution in [0.3, 0.4) is 0 Å². The van der Waals surface area contributed by atoms with Crippen molar-refractivity contribution in [1.82, 2.24) is 14.4 Å². The topological polar surface area (TPSA) is 88.4 Å². The van der Waals surface area contributed by atoms with Crippen LogP contribution >= 0.6 is 0 Å². The Hall–Kier alpha value is -4.28. The highest BCUT2D eigenvalue weighted by Gasteiger charge is 2.48. The summed E-state index contributed by atoms with van der Waals surface area (Å²) in [5, 5.41) is 14.9. The first-order valence-corrected chi connectivity index (χ1v) is 14.8. The fraction of sp³-hybridized carbons (Fsp3) is 0.382. The van der Waals surface area contributed by atoms with E-state index in [0.29, 0.717) is 43.4 Å². The number of hydrogen-bond donors (Lipinski definition) is 2. The van der Waals surface area contributed by atoms with Gasteiger partial charge in [-0.3, -0.25) is 4.90 Å². The lowest BCUT2D eigenvalue weighted by Gasteiger charge is -2.50. The van der Waals surface area contributed by atoms with Crippen LogP contribution in [-0.2, 0) is 19.0 Å². The van der Waals surface area contributed by atoms with E-state index in [9.17, 15) is 14.3 Å². The molecular formula is C34H39FN4O5. The molecule has 6 rings (SSSR count). The molecule has 3 aromatic carbocycles. The summed E-state index contributed by atoms with van der Waals surface area (Å²) in [5.74, 6) is 1.80. The van der Waals surface area contributed by atoms with Gasteiger partial charge in [-0.1, -0.05) is 6.07 Å². The fourth-order valence-corrected chi connectivity index (χ4v) is 7.14. The summed E-state index contributed by atoms with van der Waals surface area (Å²) in [5.41, 5.74) is 4.54. The quantitative estimate of drug-likeness (QED) is 0.292. The number of aliphatic hydroxyl groups excluding tert-OH is 1. The fourth-order valence-electron chi connectivity index (χ4n) is 7.14. The highest BCUT2D eigenvalue weighted by atomic mass is 19.1. The standard InChI is InChI=1S/C34H39FN4O5/c1-37-29-18-25(42-2)8-9-28(29)31-32(37)30(20-40)39(19-22-14-26(43-3)17-27(15-22)44-4)21-34(31)10-12-38(13-11-34)33(41)36-24-7-5-6-23(35)16-24/h5-9,14-18,30,40H,10-13,19-21H2,1-4H3,(H,36,41)/t30-/m0/s1. The van der Waals surface area contributed by atoms with Gasteiger partial charge in [-0.15, -0.1) is 0 Å². The van der Waals surface area contributed by atoms with Crippen LogP contribution in [0.2, 0.25) is 0 Å². The molecule has 1 fully saturated rings. The van der Waals surface area contributed by atoms with Crippen LogP contribution in [0.1, 0.15) is 35.7 Å². The van der Waals surface area contributed by atoms with Crippen molar-refractivity contribution in [2.45, 2.75) is 30.8 Å². The van der Waals surface area contributed by atoms with Crippen LogP contribution in [0.4, 0.5) is 14.9 Å². The van der Waals surface area contributed by atoms with Gasteiger partial charge in [0.05, 0.1) is 39.5 Å². The normalized spacial score (nSPS) is 17.9. The maximum atomic E-state index is 13.7. The lowest BCUT2D eigenvalue weighted by atomic mass is 9.68. The van der Waals surface area contributed by atoms with Gasteiger partial charge < -0.3 is 34.1 Å². The summed E-state index contributed by atoms with van der Waals surface area (Å²) in [6, 6.07) is 17.5. The van der Waals surface area contributed by atoms with Crippen molar-refractivity contribution in [3.05, 3.63) is 83.3 Å². The minimum absolute atomic E-state index is 0.0480. The molecule has 3 heterocycles. The summed E-state index contributed by atoms with van der Waals surface area (Å²) in [6.45, 7) is 2.31. The van der Waals surface area contributed by atoms with Gasteiger partial charge in [0.1, 0.15) is 23.1 Å². The molecule has 2 aliphatic heterocycles. The molecule has 10 heteroatoms. The molecule has 0 radical (unpaired) electrons. The maximum Gasteiger partial charge on any atom is 0.321 e. The minimum Gasteiger partial charge on any atom is -0.497 e. The van der Waals surface area contributed by atoms with Crippen molar-refractivity contribution in [2.75, 3.05) is 52.9 Å². The third-order valence-electron chi connectivity index (χ3n) is 9.30. The number of amides is 2. The number of rotatable bonds is 7. The van der Waals surface area contributed by atoms with E-state index in [1.807, 2.05) is 24.3 Å². The smallest absolute Gasteiger partial charge is 0.321 e. The summed E-state index contributed by atoms with van der Waals surface area (Å²) < 4.78 is 32.6. The number of carbonyl (C=O) groups excluding carboxylic acids is 1. The number of benzene rings is 3. The number of hydrogen-bond acceptors (Lipinski definition) is 6. The number of methoxy groups -OCH3 is 3. The molecule has 1 spiro atoms. The second-order valence-corrected chi connectivity index (χ2v) is 11.7. The Morgan fingerprint density at radius 1 is 0.977 bits per heavy atom. The summed E-state index contributed by atoms with van der Waals surface area (Å²) in [6.07, 6.45) is 1.47. The van der Waals surface area contributed by atoms with Crippen LogP contribution in [0, 0.1) is 5.82 Å². The molecule has 44 heavy (non-hydrogen) atoms. The zero-order valence-corrected chi connectivity index (χ0v) is 25.6. The average molecular weight is 603 g/mol. The number of piperidine rings is 1. The number of urea groups is 1. The van der Waals surface area contributed by atoms with Gasteiger partial charge in [0.25, 0.3) is 0 Å². The second kappa shape index (κ2) is 12.0. The number of nitrogens with zero attached hydrogens (tertiary/aromatic N) is 3. The predicted molar refractivity (Wildman–Crippen MR) is 167 cm³/mol. The number of likely N-dealkylation sites (tertiary alicyclic amines) is 1. The van der Waals surface area contributed by atoms with E-state index in [-0.39, 0.29) is 24.1 Å². The third kappa shape index (κ3) is 5.33. The van der Waals surface area contributed by atoms with E-state index in [0.717, 1.165) is 40.8 Å². The van der Waals surface area contributed by atoms with Gasteiger partial charge in [-0.05, 0) is 66.4 Å². The van der Waals surface area contributed by atoms with Gasteiger partial charge >= 0.3 is 6.03 Å². The molecule has 0 bridgehead atoms. The molecule has 2 N–H and O–H groups in total. The van der Waals surface area contributed by atoms with Gasteiger partial charge in [-0.25, -0.2) is 9.18 Å². The van der Waals surface area contributed by atoms with Gasteiger partial charge in [0.2, 0.25) is 0 Å². The minimum atomic E-state index is -0.394. The number of halogens is 1. The first-order chi connectivity index (χ1) is 21.3. The molecule has 232 valence electrons. The predicted octanol–water partition coefficient (Wildman–Crippen LogP) is 5.46. The molecule has 1 saturated heterocycles. The Balaban J connectivity index is 1.38. The monoisotopic (exact) mass is 602 g/mol. The number of aliphatic hydroxyl groups is 1. The maximum absolute atomic E-state index is 13.7. The summed E-state index contributed by atoms with van der Waals surface area (Å²) in [7, 11) is 6.99. The molecule has 2 amide bonds. The van der Waals surface area contributed by atoms with Crippen molar-refractivity contribution in [2.24, 2.45) is 7.05 Å². The number of aromatic nitrogens is 1. The first kappa shape index (κ1) is 29.8. The molecule has 4 aromatic rings. The molecule has 0 saturated carbocycles. The Morgan fingerprint density at radius 3 is 2.32 bits per heavy atom. The van der Waals surface area contributed by atoms with Crippen molar-refractivity contribution in [3.63, 3.8) is 0 Å². The number of ether oxygens (including phenoxy) is 3. The van der Waals surface area contributed by atoms with Crippen LogP contribution in [0.25, 0.3) is 10.9 Å². The van der Waals surface area contributed by atoms with Crippen LogP contribution < -0.4 is 19.5 Å². The first-order valence-electron chi connectivity index (χ1n) is 14.8. The largest absolute Gasteiger partial charge is 0.497 e. The van der Waals surface area contributed by atoms with E-state index in [2.05, 4.69) is 34.0 Å². The SMILES string of the molecule is COc1cc(CN2CC3(CCN(C(=O)Nc4cccc(F)c4)CC3)c3c(n(C)c4cc(OC)ccc34)[C@@H]2CO)cc(OC)c1. The van der Waals surface area contributed by atoms with Crippen molar-refractivity contribution in [3.8, 4) is 17.2 Å². The third-order valence-corrected chi connectivity index (χ3v) is 9.30. The van der Waals surface area contributed by atoms with Gasteiger partial charge in [0, 0.05) is 67.5 Å². The number of carbonyl (C=O) groups is 1. The zero-order valence-electron chi connectivity index (χ0n) is 25.6. The van der Waals surface area contributed by atoms with Crippen molar-refractivity contribution >= 4 is 22.6 Å². The van der Waals surface area contributed by atoms with Crippen molar-refractivity contribution in [1.29, 1.82) is 0 Å². The molecule has 1 atom stereocenters. The summed E-state index contributed by atoms with van der Waals surface area (Å²) >= 11 is 0. The number of nitrogens with one attached hydrogen (secondary N) is 1. The van der Waals surface area contributed by atoms with E-state index in [1.54, 1.807) is 38.4 Å². The van der Waals surface area contributed by atoms with Crippen LogP contribution in [0.15, 0.2) is 60.7 Å². The Kier molecular flexibility index (Phi) is 8.13.